The zero-order valence-electron chi connectivity index (χ0n) is 24.0. The predicted octanol–water partition coefficient (Wildman–Crippen LogP) is 7.01. The van der Waals surface area contributed by atoms with Crippen molar-refractivity contribution in [2.45, 2.75) is 38.7 Å². The van der Waals surface area contributed by atoms with Crippen LogP contribution in [0.25, 0.3) is 0 Å². The topological polar surface area (TPSA) is 104 Å². The van der Waals surface area contributed by atoms with Crippen LogP contribution in [0, 0.1) is 11.3 Å². The molecule has 1 unspecified atom stereocenters. The molecule has 0 radical (unpaired) electrons. The molecule has 4 aromatic rings. The van der Waals surface area contributed by atoms with E-state index in [0.29, 0.717) is 40.7 Å². The predicted molar refractivity (Wildman–Crippen MR) is 160 cm³/mol. The molecule has 1 heterocycles. The van der Waals surface area contributed by atoms with E-state index in [4.69, 9.17) is 24.7 Å². The number of rotatable bonds is 7. The van der Waals surface area contributed by atoms with Gasteiger partial charge in [0.1, 0.15) is 29.7 Å². The number of methoxy groups -OCH3 is 1. The lowest BCUT2D eigenvalue weighted by molar-refractivity contribution is 0.0734. The Morgan fingerprint density at radius 3 is 2.36 bits per heavy atom. The summed E-state index contributed by atoms with van der Waals surface area (Å²) in [4.78, 5) is 12.9. The molecule has 1 aliphatic rings. The maximum absolute atomic E-state index is 12.9. The molecule has 7 heteroatoms. The highest BCUT2D eigenvalue weighted by Crippen LogP contribution is 2.45. The van der Waals surface area contributed by atoms with Crippen LogP contribution in [0.15, 0.2) is 102 Å². The average molecular weight is 561 g/mol. The van der Waals surface area contributed by atoms with Gasteiger partial charge in [0, 0.05) is 11.6 Å². The van der Waals surface area contributed by atoms with Crippen LogP contribution in [-0.2, 0) is 12.0 Å². The van der Waals surface area contributed by atoms with Crippen molar-refractivity contribution in [3.05, 3.63) is 130 Å². The van der Waals surface area contributed by atoms with Crippen LogP contribution >= 0.6 is 0 Å². The van der Waals surface area contributed by atoms with Gasteiger partial charge in [-0.25, -0.2) is 4.79 Å². The lowest BCUT2D eigenvalue weighted by Crippen LogP contribution is -2.21. The summed E-state index contributed by atoms with van der Waals surface area (Å²) in [5.74, 6) is 0.770. The number of hydrogen-bond donors (Lipinski definition) is 1. The first-order chi connectivity index (χ1) is 20.2. The monoisotopic (exact) mass is 560 g/mol. The third kappa shape index (κ3) is 5.93. The van der Waals surface area contributed by atoms with Gasteiger partial charge in [-0.2, -0.15) is 5.26 Å². The maximum Gasteiger partial charge on any atom is 0.343 e. The molecule has 0 fully saturated rings. The maximum atomic E-state index is 12.9. The summed E-state index contributed by atoms with van der Waals surface area (Å²) in [5.41, 5.74) is 10.5. The fraction of sp³-hybridized carbons (Fsp3) is 0.200. The summed E-state index contributed by atoms with van der Waals surface area (Å²) in [6, 6.07) is 30.0. The van der Waals surface area contributed by atoms with Crippen molar-refractivity contribution in [1.82, 2.24) is 0 Å². The number of esters is 1. The smallest absolute Gasteiger partial charge is 0.343 e. The van der Waals surface area contributed by atoms with Crippen molar-refractivity contribution in [3.63, 3.8) is 0 Å². The van der Waals surface area contributed by atoms with E-state index < -0.39 is 11.9 Å². The van der Waals surface area contributed by atoms with Gasteiger partial charge < -0.3 is 24.7 Å². The number of allylic oxidation sites excluding steroid dienone is 1. The standard InChI is InChI=1S/C35H32N2O5/c1-35(2,3)25-13-10-23(11-14-25)34(38)41-26-15-16-27-30(19-26)42-33(37)28(20-36)32(27)24-12-17-29(31(18-24)39-4)40-21-22-8-6-5-7-9-22/h5-19,32H,21,37H2,1-4H3. The van der Waals surface area contributed by atoms with Crippen molar-refractivity contribution < 1.29 is 23.7 Å². The molecule has 7 nitrogen and oxygen atoms in total. The van der Waals surface area contributed by atoms with Crippen molar-refractivity contribution in [2.75, 3.05) is 7.11 Å². The highest BCUT2D eigenvalue weighted by Gasteiger charge is 2.32. The van der Waals surface area contributed by atoms with Crippen LogP contribution in [0.4, 0.5) is 0 Å². The molecule has 0 bridgehead atoms. The van der Waals surface area contributed by atoms with Gasteiger partial charge >= 0.3 is 5.97 Å². The van der Waals surface area contributed by atoms with Crippen molar-refractivity contribution in [3.8, 4) is 29.1 Å². The summed E-state index contributed by atoms with van der Waals surface area (Å²) in [6.45, 7) is 6.73. The fourth-order valence-corrected chi connectivity index (χ4v) is 4.83. The van der Waals surface area contributed by atoms with Crippen LogP contribution in [0.5, 0.6) is 23.0 Å². The second-order valence-corrected chi connectivity index (χ2v) is 11.0. The van der Waals surface area contributed by atoms with Gasteiger partial charge in [-0.3, -0.25) is 0 Å². The number of carbonyl (C=O) groups excluding carboxylic acids is 1. The third-order valence-electron chi connectivity index (χ3n) is 7.15. The Morgan fingerprint density at radius 1 is 0.952 bits per heavy atom. The Kier molecular flexibility index (Phi) is 7.90. The quantitative estimate of drug-likeness (QED) is 0.192. The molecule has 1 atom stereocenters. The Balaban J connectivity index is 1.41. The highest BCUT2D eigenvalue weighted by molar-refractivity contribution is 5.91. The van der Waals surface area contributed by atoms with Crippen LogP contribution < -0.4 is 24.7 Å². The summed E-state index contributed by atoms with van der Waals surface area (Å²) in [7, 11) is 1.57. The van der Waals surface area contributed by atoms with Crippen molar-refractivity contribution >= 4 is 5.97 Å². The number of fused-ring (bicyclic) bond motifs is 1. The molecule has 5 rings (SSSR count). The summed E-state index contributed by atoms with van der Waals surface area (Å²) < 4.78 is 23.1. The SMILES string of the molecule is COc1cc(C2C(C#N)=C(N)Oc3cc(OC(=O)c4ccc(C(C)(C)C)cc4)ccc32)ccc1OCc1ccccc1. The van der Waals surface area contributed by atoms with E-state index in [-0.39, 0.29) is 16.9 Å². The van der Waals surface area contributed by atoms with Crippen LogP contribution in [0.1, 0.15) is 59.3 Å². The van der Waals surface area contributed by atoms with E-state index in [1.807, 2.05) is 60.7 Å². The number of carbonyl (C=O) groups is 1. The van der Waals surface area contributed by atoms with E-state index in [1.165, 1.54) is 0 Å². The molecule has 0 aromatic heterocycles. The molecule has 1 aliphatic heterocycles. The second-order valence-electron chi connectivity index (χ2n) is 11.0. The van der Waals surface area contributed by atoms with Crippen LogP contribution in [-0.4, -0.2) is 13.1 Å². The molecule has 0 spiro atoms. The molecule has 2 N–H and O–H groups in total. The first-order valence-electron chi connectivity index (χ1n) is 13.6. The summed E-state index contributed by atoms with van der Waals surface area (Å²) >= 11 is 0. The number of nitrogens with zero attached hydrogens (tertiary/aromatic N) is 1. The number of benzene rings is 4. The van der Waals surface area contributed by atoms with Gasteiger partial charge in [-0.15, -0.1) is 0 Å². The molecule has 0 saturated heterocycles. The average Bonchev–Trinajstić information content (AvgIpc) is 2.99. The molecule has 0 saturated carbocycles. The normalized spacial score (nSPS) is 14.3. The largest absolute Gasteiger partial charge is 0.493 e. The number of nitriles is 1. The van der Waals surface area contributed by atoms with Gasteiger partial charge in [0.2, 0.25) is 5.88 Å². The van der Waals surface area contributed by atoms with Gasteiger partial charge in [0.05, 0.1) is 18.6 Å². The third-order valence-corrected chi connectivity index (χ3v) is 7.15. The molecule has 212 valence electrons. The number of ether oxygens (including phenoxy) is 4. The Morgan fingerprint density at radius 2 is 1.69 bits per heavy atom. The molecule has 42 heavy (non-hydrogen) atoms. The molecule has 0 aliphatic carbocycles. The van der Waals surface area contributed by atoms with E-state index in [9.17, 15) is 10.1 Å². The Labute approximate surface area is 245 Å². The number of nitrogens with two attached hydrogens (primary N) is 1. The van der Waals surface area contributed by atoms with Crippen molar-refractivity contribution in [2.24, 2.45) is 5.73 Å². The van der Waals surface area contributed by atoms with Gasteiger partial charge in [-0.05, 0) is 52.4 Å². The van der Waals surface area contributed by atoms with Gasteiger partial charge in [0.15, 0.2) is 11.5 Å². The second kappa shape index (κ2) is 11.7. The van der Waals surface area contributed by atoms with Crippen LogP contribution in [0.2, 0.25) is 0 Å². The lowest BCUT2D eigenvalue weighted by Gasteiger charge is -2.27. The minimum atomic E-state index is -0.523. The van der Waals surface area contributed by atoms with E-state index in [0.717, 1.165) is 16.7 Å². The first kappa shape index (κ1) is 28.3. The summed E-state index contributed by atoms with van der Waals surface area (Å²) in [5, 5.41) is 9.99. The highest BCUT2D eigenvalue weighted by atomic mass is 16.5. The van der Waals surface area contributed by atoms with Gasteiger partial charge in [-0.1, -0.05) is 75.4 Å². The van der Waals surface area contributed by atoms with Crippen LogP contribution in [0.3, 0.4) is 0 Å². The lowest BCUT2D eigenvalue weighted by atomic mass is 9.83. The first-order valence-corrected chi connectivity index (χ1v) is 13.6. The Hall–Kier alpha value is -5.22. The van der Waals surface area contributed by atoms with Gasteiger partial charge in [0.25, 0.3) is 0 Å². The molecule has 0 amide bonds. The molecular formula is C35H32N2O5. The fourth-order valence-electron chi connectivity index (χ4n) is 4.83. The van der Waals surface area contributed by atoms with Crippen molar-refractivity contribution in [1.29, 1.82) is 5.26 Å². The Bertz CT molecular complexity index is 1680. The zero-order valence-corrected chi connectivity index (χ0v) is 24.0. The number of hydrogen-bond acceptors (Lipinski definition) is 7. The minimum Gasteiger partial charge on any atom is -0.493 e. The zero-order chi connectivity index (χ0) is 29.9. The van der Waals surface area contributed by atoms with E-state index >= 15 is 0 Å². The van der Waals surface area contributed by atoms with E-state index in [1.54, 1.807) is 37.4 Å². The van der Waals surface area contributed by atoms with E-state index in [2.05, 4.69) is 26.8 Å². The minimum absolute atomic E-state index is 0.0142. The molecular weight excluding hydrogens is 528 g/mol. The summed E-state index contributed by atoms with van der Waals surface area (Å²) in [6.07, 6.45) is 0. The molecule has 4 aromatic carbocycles.